The Labute approximate surface area is 116 Å². The van der Waals surface area contributed by atoms with Crippen molar-refractivity contribution in [1.82, 2.24) is 15.0 Å². The van der Waals surface area contributed by atoms with Gasteiger partial charge in [-0.1, -0.05) is 20.8 Å². The zero-order chi connectivity index (χ0) is 14.9. The summed E-state index contributed by atoms with van der Waals surface area (Å²) in [5.41, 5.74) is 5.88. The molecule has 0 aliphatic rings. The fraction of sp³-hybridized carbons (Fsp3) is 0.286. The van der Waals surface area contributed by atoms with Crippen LogP contribution >= 0.6 is 0 Å². The van der Waals surface area contributed by atoms with E-state index in [2.05, 4.69) is 10.2 Å². The molecule has 1 amide bonds. The summed E-state index contributed by atoms with van der Waals surface area (Å²) in [5.74, 6) is -0.680. The van der Waals surface area contributed by atoms with Crippen molar-refractivity contribution in [3.8, 4) is 5.69 Å². The Morgan fingerprint density at radius 3 is 2.25 bits per heavy atom. The SMILES string of the molecule is CC(C)(C)C(=O)c1cc(C(N)=O)ccc1-n1nccn1. The first kappa shape index (κ1) is 13.9. The van der Waals surface area contributed by atoms with Crippen LogP contribution in [0.1, 0.15) is 41.5 Å². The molecular formula is C14H16N4O2. The van der Waals surface area contributed by atoms with E-state index in [1.807, 2.05) is 20.8 Å². The Morgan fingerprint density at radius 1 is 1.15 bits per heavy atom. The van der Waals surface area contributed by atoms with Gasteiger partial charge >= 0.3 is 0 Å². The normalized spacial score (nSPS) is 11.3. The summed E-state index contributed by atoms with van der Waals surface area (Å²) in [5, 5.41) is 8.05. The van der Waals surface area contributed by atoms with Crippen LogP contribution < -0.4 is 5.73 Å². The Bertz CT molecular complexity index is 654. The predicted octanol–water partition coefficient (Wildman–Crippen LogP) is 1.59. The second-order valence-corrected chi connectivity index (χ2v) is 5.49. The molecule has 0 aliphatic heterocycles. The van der Waals surface area contributed by atoms with Gasteiger partial charge in [0.15, 0.2) is 5.78 Å². The maximum Gasteiger partial charge on any atom is 0.248 e. The summed E-state index contributed by atoms with van der Waals surface area (Å²) in [7, 11) is 0. The molecular weight excluding hydrogens is 256 g/mol. The van der Waals surface area contributed by atoms with E-state index in [-0.39, 0.29) is 11.3 Å². The minimum atomic E-state index is -0.585. The third-order valence-electron chi connectivity index (χ3n) is 2.84. The molecule has 0 saturated carbocycles. The van der Waals surface area contributed by atoms with Crippen LogP contribution in [0.2, 0.25) is 0 Å². The van der Waals surface area contributed by atoms with Crippen LogP contribution in [0.5, 0.6) is 0 Å². The quantitative estimate of drug-likeness (QED) is 0.859. The van der Waals surface area contributed by atoms with E-state index in [1.165, 1.54) is 23.3 Å². The standard InChI is InChI=1S/C14H16N4O2/c1-14(2,3)12(19)10-8-9(13(15)20)4-5-11(10)18-16-6-7-17-18/h4-8H,1-3H3,(H2,15,20). The topological polar surface area (TPSA) is 90.9 Å². The summed E-state index contributed by atoms with van der Waals surface area (Å²) in [6, 6.07) is 4.67. The average Bonchev–Trinajstić information content (AvgIpc) is 2.89. The monoisotopic (exact) mass is 272 g/mol. The van der Waals surface area contributed by atoms with Gasteiger partial charge in [-0.15, -0.1) is 0 Å². The molecule has 0 unspecified atom stereocenters. The Balaban J connectivity index is 2.64. The Hall–Kier alpha value is -2.50. The molecule has 0 fully saturated rings. The lowest BCUT2D eigenvalue weighted by atomic mass is 9.85. The molecule has 0 saturated heterocycles. The van der Waals surface area contributed by atoms with Gasteiger partial charge in [-0.05, 0) is 18.2 Å². The number of carbonyl (C=O) groups excluding carboxylic acids is 2. The summed E-state index contributed by atoms with van der Waals surface area (Å²) in [4.78, 5) is 25.2. The number of aromatic nitrogens is 3. The number of nitrogens with zero attached hydrogens (tertiary/aromatic N) is 3. The first-order valence-corrected chi connectivity index (χ1v) is 6.16. The van der Waals surface area contributed by atoms with Crippen molar-refractivity contribution >= 4 is 11.7 Å². The van der Waals surface area contributed by atoms with Gasteiger partial charge in [-0.3, -0.25) is 9.59 Å². The number of benzene rings is 1. The number of nitrogens with two attached hydrogens (primary N) is 1. The van der Waals surface area contributed by atoms with Crippen LogP contribution in [0, 0.1) is 5.41 Å². The second kappa shape index (κ2) is 4.88. The van der Waals surface area contributed by atoms with E-state index in [0.717, 1.165) is 0 Å². The summed E-state index contributed by atoms with van der Waals surface area (Å²) >= 11 is 0. The second-order valence-electron chi connectivity index (χ2n) is 5.49. The summed E-state index contributed by atoms with van der Waals surface area (Å²) < 4.78 is 0. The third-order valence-corrected chi connectivity index (χ3v) is 2.84. The fourth-order valence-electron chi connectivity index (χ4n) is 1.79. The van der Waals surface area contributed by atoms with E-state index in [1.54, 1.807) is 12.1 Å². The molecule has 2 aromatic rings. The van der Waals surface area contributed by atoms with Gasteiger partial charge in [0.2, 0.25) is 5.91 Å². The number of ketones is 1. The predicted molar refractivity (Wildman–Crippen MR) is 73.7 cm³/mol. The minimum Gasteiger partial charge on any atom is -0.366 e. The number of hydrogen-bond acceptors (Lipinski definition) is 4. The van der Waals surface area contributed by atoms with Crippen molar-refractivity contribution in [3.63, 3.8) is 0 Å². The van der Waals surface area contributed by atoms with Gasteiger partial charge < -0.3 is 5.73 Å². The lowest BCUT2D eigenvalue weighted by Crippen LogP contribution is -2.23. The Kier molecular flexibility index (Phi) is 3.40. The lowest BCUT2D eigenvalue weighted by molar-refractivity contribution is 0.0858. The van der Waals surface area contributed by atoms with Crippen LogP contribution in [0.25, 0.3) is 5.69 Å². The number of rotatable bonds is 3. The molecule has 2 rings (SSSR count). The molecule has 0 atom stereocenters. The first-order chi connectivity index (χ1) is 9.30. The van der Waals surface area contributed by atoms with Crippen molar-refractivity contribution < 1.29 is 9.59 Å². The highest BCUT2D eigenvalue weighted by atomic mass is 16.1. The van der Waals surface area contributed by atoms with Gasteiger partial charge in [0.25, 0.3) is 0 Å². The van der Waals surface area contributed by atoms with Crippen LogP contribution in [0.3, 0.4) is 0 Å². The van der Waals surface area contributed by atoms with Crippen molar-refractivity contribution in [2.45, 2.75) is 20.8 Å². The highest BCUT2D eigenvalue weighted by Crippen LogP contribution is 2.25. The minimum absolute atomic E-state index is 0.104. The number of carbonyl (C=O) groups is 2. The maximum atomic E-state index is 12.5. The van der Waals surface area contributed by atoms with Gasteiger partial charge in [-0.2, -0.15) is 15.0 Å². The smallest absolute Gasteiger partial charge is 0.248 e. The highest BCUT2D eigenvalue weighted by Gasteiger charge is 2.26. The van der Waals surface area contributed by atoms with E-state index in [4.69, 9.17) is 5.73 Å². The zero-order valence-corrected chi connectivity index (χ0v) is 11.6. The number of amides is 1. The molecule has 6 nitrogen and oxygen atoms in total. The van der Waals surface area contributed by atoms with E-state index >= 15 is 0 Å². The Morgan fingerprint density at radius 2 is 1.75 bits per heavy atom. The summed E-state index contributed by atoms with van der Waals surface area (Å²) in [6.45, 7) is 5.44. The van der Waals surface area contributed by atoms with Crippen molar-refractivity contribution in [3.05, 3.63) is 41.7 Å². The van der Waals surface area contributed by atoms with Gasteiger partial charge in [0.05, 0.1) is 18.1 Å². The highest BCUT2D eigenvalue weighted by molar-refractivity contribution is 6.05. The third kappa shape index (κ3) is 2.59. The van der Waals surface area contributed by atoms with Gasteiger partial charge in [0, 0.05) is 16.5 Å². The number of hydrogen-bond donors (Lipinski definition) is 1. The molecule has 1 heterocycles. The van der Waals surface area contributed by atoms with Crippen LogP contribution in [0.4, 0.5) is 0 Å². The van der Waals surface area contributed by atoms with Crippen LogP contribution in [-0.4, -0.2) is 26.7 Å². The lowest BCUT2D eigenvalue weighted by Gasteiger charge is -2.19. The van der Waals surface area contributed by atoms with Crippen LogP contribution in [0.15, 0.2) is 30.6 Å². The summed E-state index contributed by atoms with van der Waals surface area (Å²) in [6.07, 6.45) is 3.04. The largest absolute Gasteiger partial charge is 0.366 e. The molecule has 104 valence electrons. The van der Waals surface area contributed by atoms with Gasteiger partial charge in [0.1, 0.15) is 0 Å². The number of Topliss-reactive ketones (excluding diaryl/α,β-unsaturated/α-hetero) is 1. The first-order valence-electron chi connectivity index (χ1n) is 6.16. The molecule has 20 heavy (non-hydrogen) atoms. The van der Waals surface area contributed by atoms with Crippen molar-refractivity contribution in [2.24, 2.45) is 11.1 Å². The van der Waals surface area contributed by atoms with Crippen molar-refractivity contribution in [2.75, 3.05) is 0 Å². The zero-order valence-electron chi connectivity index (χ0n) is 11.6. The van der Waals surface area contributed by atoms with Gasteiger partial charge in [-0.25, -0.2) is 0 Å². The molecule has 1 aromatic carbocycles. The number of primary amides is 1. The van der Waals surface area contributed by atoms with Crippen molar-refractivity contribution in [1.29, 1.82) is 0 Å². The molecule has 0 aliphatic carbocycles. The molecule has 0 bridgehead atoms. The molecule has 0 spiro atoms. The van der Waals surface area contributed by atoms with Crippen LogP contribution in [-0.2, 0) is 0 Å². The van der Waals surface area contributed by atoms with E-state index < -0.39 is 11.3 Å². The molecule has 6 heteroatoms. The van der Waals surface area contributed by atoms with E-state index in [9.17, 15) is 9.59 Å². The van der Waals surface area contributed by atoms with E-state index in [0.29, 0.717) is 11.3 Å². The molecule has 0 radical (unpaired) electrons. The molecule has 2 N–H and O–H groups in total. The maximum absolute atomic E-state index is 12.5. The average molecular weight is 272 g/mol. The molecule has 1 aromatic heterocycles. The fourth-order valence-corrected chi connectivity index (χ4v) is 1.79.